The summed E-state index contributed by atoms with van der Waals surface area (Å²) in [7, 11) is 0. The Balaban J connectivity index is 2.11. The molecule has 136 valence electrons. The molecular weight excluding hydrogens is 335 g/mol. The normalized spacial score (nSPS) is 12.7. The van der Waals surface area contributed by atoms with E-state index in [1.165, 1.54) is 13.0 Å². The van der Waals surface area contributed by atoms with Crippen molar-refractivity contribution in [1.29, 1.82) is 0 Å². The summed E-state index contributed by atoms with van der Waals surface area (Å²) < 4.78 is 13.9. The van der Waals surface area contributed by atoms with Gasteiger partial charge in [0.1, 0.15) is 18.1 Å². The lowest BCUT2D eigenvalue weighted by molar-refractivity contribution is -0.129. The van der Waals surface area contributed by atoms with Gasteiger partial charge in [0, 0.05) is 6.42 Å². The summed E-state index contributed by atoms with van der Waals surface area (Å²) in [6.07, 6.45) is 0.680. The minimum absolute atomic E-state index is 0.00931. The van der Waals surface area contributed by atoms with Crippen molar-refractivity contribution >= 4 is 18.1 Å². The molecule has 0 fully saturated rings. The van der Waals surface area contributed by atoms with Gasteiger partial charge in [-0.2, -0.15) is 0 Å². The summed E-state index contributed by atoms with van der Waals surface area (Å²) in [6.45, 7) is 1.52. The molecule has 0 aliphatic carbocycles. The van der Waals surface area contributed by atoms with Crippen LogP contribution in [-0.2, 0) is 27.2 Å². The van der Waals surface area contributed by atoms with Gasteiger partial charge in [-0.15, -0.1) is 0 Å². The van der Waals surface area contributed by atoms with Gasteiger partial charge in [0.05, 0.1) is 12.5 Å². The Labute approximate surface area is 151 Å². The highest BCUT2D eigenvalue weighted by molar-refractivity contribution is 5.89. The maximum Gasteiger partial charge on any atom is 0.243 e. The first kappa shape index (κ1) is 19.3. The first-order valence-corrected chi connectivity index (χ1v) is 8.32. The topological polar surface area (TPSA) is 75.3 Å². The van der Waals surface area contributed by atoms with Crippen LogP contribution in [0.2, 0.25) is 0 Å². The van der Waals surface area contributed by atoms with Crippen LogP contribution in [0, 0.1) is 5.82 Å². The molecule has 0 heterocycles. The minimum Gasteiger partial charge on any atom is -0.345 e. The Hall–Kier alpha value is -3.02. The molecule has 2 aromatic rings. The molecule has 2 atom stereocenters. The molecule has 26 heavy (non-hydrogen) atoms. The van der Waals surface area contributed by atoms with Crippen molar-refractivity contribution in [3.8, 4) is 0 Å². The van der Waals surface area contributed by atoms with Crippen molar-refractivity contribution in [2.75, 3.05) is 0 Å². The number of hydrogen-bond donors (Lipinski definition) is 2. The fourth-order valence-electron chi connectivity index (χ4n) is 2.48. The van der Waals surface area contributed by atoms with Gasteiger partial charge in [-0.25, -0.2) is 4.39 Å². The Bertz CT molecular complexity index is 765. The van der Waals surface area contributed by atoms with E-state index in [0.29, 0.717) is 11.8 Å². The van der Waals surface area contributed by atoms with Crippen LogP contribution in [-0.4, -0.2) is 30.2 Å². The van der Waals surface area contributed by atoms with Crippen LogP contribution in [0.5, 0.6) is 0 Å². The quantitative estimate of drug-likeness (QED) is 0.708. The number of halogens is 1. The van der Waals surface area contributed by atoms with Crippen LogP contribution in [0.15, 0.2) is 54.6 Å². The second kappa shape index (κ2) is 9.46. The van der Waals surface area contributed by atoms with Crippen LogP contribution < -0.4 is 10.6 Å². The van der Waals surface area contributed by atoms with Gasteiger partial charge in [-0.3, -0.25) is 9.59 Å². The minimum atomic E-state index is -0.981. The second-order valence-electron chi connectivity index (χ2n) is 6.01. The van der Waals surface area contributed by atoms with Gasteiger partial charge in [-0.1, -0.05) is 48.5 Å². The number of carbonyl (C=O) groups is 3. The molecule has 0 aromatic heterocycles. The zero-order chi connectivity index (χ0) is 18.9. The Morgan fingerprint density at radius 3 is 2.35 bits per heavy atom. The number of hydrogen-bond acceptors (Lipinski definition) is 3. The van der Waals surface area contributed by atoms with Crippen molar-refractivity contribution in [2.45, 2.75) is 31.8 Å². The molecule has 0 saturated carbocycles. The van der Waals surface area contributed by atoms with Gasteiger partial charge in [-0.05, 0) is 24.1 Å². The largest absolute Gasteiger partial charge is 0.345 e. The first-order valence-electron chi connectivity index (χ1n) is 8.32. The van der Waals surface area contributed by atoms with E-state index in [1.807, 2.05) is 18.2 Å². The average molecular weight is 356 g/mol. The summed E-state index contributed by atoms with van der Waals surface area (Å²) in [5, 5.41) is 5.13. The van der Waals surface area contributed by atoms with Crippen molar-refractivity contribution < 1.29 is 18.8 Å². The highest BCUT2D eigenvalue weighted by Gasteiger charge is 2.23. The summed E-state index contributed by atoms with van der Waals surface area (Å²) in [6, 6.07) is 13.5. The van der Waals surface area contributed by atoms with E-state index in [4.69, 9.17) is 0 Å². The van der Waals surface area contributed by atoms with Gasteiger partial charge in [0.15, 0.2) is 0 Å². The summed E-state index contributed by atoms with van der Waals surface area (Å²) in [5.74, 6) is -1.34. The van der Waals surface area contributed by atoms with Gasteiger partial charge >= 0.3 is 0 Å². The standard InChI is InChI=1S/C20H21FN2O3/c1-14(13-24)22-20(26)18(12-16-9-5-6-10-17(16)21)23-19(25)11-15-7-3-2-4-8-15/h2-10,13-14,18H,11-12H2,1H3,(H,22,26)(H,23,25)/t14?,18-/m0/s1. The van der Waals surface area contributed by atoms with Crippen LogP contribution in [0.25, 0.3) is 0 Å². The fraction of sp³-hybridized carbons (Fsp3) is 0.250. The SMILES string of the molecule is CC(C=O)NC(=O)[C@H](Cc1ccccc1F)NC(=O)Cc1ccccc1. The maximum atomic E-state index is 13.9. The van der Waals surface area contributed by atoms with E-state index in [1.54, 1.807) is 30.3 Å². The third-order valence-electron chi connectivity index (χ3n) is 3.82. The molecule has 2 aromatic carbocycles. The molecule has 0 radical (unpaired) electrons. The number of amides is 2. The lowest BCUT2D eigenvalue weighted by Gasteiger charge is -2.20. The van der Waals surface area contributed by atoms with E-state index in [2.05, 4.69) is 10.6 Å². The van der Waals surface area contributed by atoms with E-state index in [0.717, 1.165) is 5.56 Å². The second-order valence-corrected chi connectivity index (χ2v) is 6.01. The number of rotatable bonds is 8. The van der Waals surface area contributed by atoms with Crippen molar-refractivity contribution in [3.05, 3.63) is 71.5 Å². The lowest BCUT2D eigenvalue weighted by Crippen LogP contribution is -2.50. The molecule has 2 N–H and O–H groups in total. The molecule has 1 unspecified atom stereocenters. The van der Waals surface area contributed by atoms with E-state index < -0.39 is 23.8 Å². The zero-order valence-electron chi connectivity index (χ0n) is 14.4. The van der Waals surface area contributed by atoms with Gasteiger partial charge in [0.25, 0.3) is 0 Å². The Kier molecular flexibility index (Phi) is 7.02. The zero-order valence-corrected chi connectivity index (χ0v) is 14.4. The van der Waals surface area contributed by atoms with E-state index in [9.17, 15) is 18.8 Å². The highest BCUT2D eigenvalue weighted by atomic mass is 19.1. The molecule has 0 spiro atoms. The predicted molar refractivity (Wildman–Crippen MR) is 95.8 cm³/mol. The molecule has 0 saturated heterocycles. The van der Waals surface area contributed by atoms with Crippen molar-refractivity contribution in [1.82, 2.24) is 10.6 Å². The molecule has 0 aliphatic heterocycles. The number of carbonyl (C=O) groups excluding carboxylic acids is 3. The van der Waals surface area contributed by atoms with Crippen LogP contribution in [0.1, 0.15) is 18.1 Å². The third kappa shape index (κ3) is 5.81. The predicted octanol–water partition coefficient (Wildman–Crippen LogP) is 1.80. The molecular formula is C20H21FN2O3. The maximum absolute atomic E-state index is 13.9. The lowest BCUT2D eigenvalue weighted by atomic mass is 10.0. The van der Waals surface area contributed by atoms with E-state index >= 15 is 0 Å². The Morgan fingerprint density at radius 2 is 1.69 bits per heavy atom. The summed E-state index contributed by atoms with van der Waals surface area (Å²) in [4.78, 5) is 35.5. The monoisotopic (exact) mass is 356 g/mol. The Morgan fingerprint density at radius 1 is 1.04 bits per heavy atom. The molecule has 2 amide bonds. The van der Waals surface area contributed by atoms with Gasteiger partial charge < -0.3 is 15.4 Å². The van der Waals surface area contributed by atoms with E-state index in [-0.39, 0.29) is 18.7 Å². The first-order chi connectivity index (χ1) is 12.5. The molecule has 0 bridgehead atoms. The highest BCUT2D eigenvalue weighted by Crippen LogP contribution is 2.10. The number of nitrogens with one attached hydrogen (secondary N) is 2. The molecule has 0 aliphatic rings. The smallest absolute Gasteiger partial charge is 0.243 e. The number of aldehydes is 1. The van der Waals surface area contributed by atoms with Crippen molar-refractivity contribution in [3.63, 3.8) is 0 Å². The summed E-state index contributed by atoms with van der Waals surface area (Å²) >= 11 is 0. The third-order valence-corrected chi connectivity index (χ3v) is 3.82. The van der Waals surface area contributed by atoms with Crippen LogP contribution in [0.3, 0.4) is 0 Å². The average Bonchev–Trinajstić information content (AvgIpc) is 2.63. The number of benzene rings is 2. The molecule has 2 rings (SSSR count). The van der Waals surface area contributed by atoms with Gasteiger partial charge in [0.2, 0.25) is 11.8 Å². The molecule has 6 heteroatoms. The van der Waals surface area contributed by atoms with Crippen LogP contribution in [0.4, 0.5) is 4.39 Å². The summed E-state index contributed by atoms with van der Waals surface area (Å²) in [5.41, 5.74) is 1.11. The molecule has 5 nitrogen and oxygen atoms in total. The fourth-order valence-corrected chi connectivity index (χ4v) is 2.48. The van der Waals surface area contributed by atoms with Crippen molar-refractivity contribution in [2.24, 2.45) is 0 Å². The van der Waals surface area contributed by atoms with Crippen LogP contribution >= 0.6 is 0 Å².